The van der Waals surface area contributed by atoms with E-state index in [4.69, 9.17) is 0 Å². The fourth-order valence-electron chi connectivity index (χ4n) is 3.35. The van der Waals surface area contributed by atoms with E-state index in [9.17, 15) is 4.79 Å². The summed E-state index contributed by atoms with van der Waals surface area (Å²) in [5.74, 6) is 1.71. The van der Waals surface area contributed by atoms with E-state index in [0.29, 0.717) is 17.5 Å². The molecule has 0 spiro atoms. The molecule has 2 aromatic heterocycles. The van der Waals surface area contributed by atoms with E-state index in [-0.39, 0.29) is 5.91 Å². The number of carbonyl (C=O) groups is 1. The summed E-state index contributed by atoms with van der Waals surface area (Å²) < 4.78 is 0. The Hall–Kier alpha value is -2.57. The van der Waals surface area contributed by atoms with Crippen molar-refractivity contribution >= 4 is 11.9 Å². The summed E-state index contributed by atoms with van der Waals surface area (Å²) in [4.78, 5) is 33.2. The fraction of sp³-hybridized carbons (Fsp3) is 0.400. The molecule has 4 heterocycles. The number of amides is 1. The number of aromatic nitrogens is 4. The molecular weight excluding hydrogens is 280 g/mol. The van der Waals surface area contributed by atoms with E-state index in [1.54, 1.807) is 24.8 Å². The third-order valence-corrected chi connectivity index (χ3v) is 4.39. The minimum absolute atomic E-state index is 0.0231. The lowest BCUT2D eigenvalue weighted by Crippen LogP contribution is -2.34. The highest BCUT2D eigenvalue weighted by atomic mass is 16.2. The Morgan fingerprint density at radius 1 is 0.955 bits per heavy atom. The van der Waals surface area contributed by atoms with Gasteiger partial charge in [-0.2, -0.15) is 0 Å². The van der Waals surface area contributed by atoms with Crippen LogP contribution in [0.4, 0.5) is 5.95 Å². The summed E-state index contributed by atoms with van der Waals surface area (Å²) in [6, 6.07) is 1.82. The van der Waals surface area contributed by atoms with Gasteiger partial charge in [0.2, 0.25) is 5.95 Å². The SMILES string of the molecule is O=C(c1cnccn1)N1C[C@@H]2CN(c3ncccn3)C[C@H]2C1. The first-order chi connectivity index (χ1) is 10.8. The number of nitrogens with zero attached hydrogens (tertiary/aromatic N) is 6. The summed E-state index contributed by atoms with van der Waals surface area (Å²) in [5.41, 5.74) is 0.422. The van der Waals surface area contributed by atoms with Crippen LogP contribution >= 0.6 is 0 Å². The van der Waals surface area contributed by atoms with Crippen molar-refractivity contribution in [3.05, 3.63) is 42.7 Å². The molecule has 2 fully saturated rings. The smallest absolute Gasteiger partial charge is 0.274 e. The van der Waals surface area contributed by atoms with Gasteiger partial charge in [-0.3, -0.25) is 9.78 Å². The Labute approximate surface area is 128 Å². The third-order valence-electron chi connectivity index (χ3n) is 4.39. The first kappa shape index (κ1) is 13.1. The van der Waals surface area contributed by atoms with E-state index >= 15 is 0 Å². The van der Waals surface area contributed by atoms with Crippen LogP contribution in [0.2, 0.25) is 0 Å². The molecule has 1 amide bonds. The molecule has 2 aromatic rings. The molecular formula is C15H16N6O. The lowest BCUT2D eigenvalue weighted by molar-refractivity contribution is 0.0776. The average molecular weight is 296 g/mol. The maximum Gasteiger partial charge on any atom is 0.274 e. The second-order valence-corrected chi connectivity index (χ2v) is 5.77. The van der Waals surface area contributed by atoms with Gasteiger partial charge in [0.1, 0.15) is 5.69 Å². The normalized spacial score (nSPS) is 23.6. The van der Waals surface area contributed by atoms with Gasteiger partial charge >= 0.3 is 0 Å². The predicted molar refractivity (Wildman–Crippen MR) is 79.2 cm³/mol. The van der Waals surface area contributed by atoms with Crippen molar-refractivity contribution in [1.82, 2.24) is 24.8 Å². The van der Waals surface area contributed by atoms with Gasteiger partial charge in [0.15, 0.2) is 0 Å². The largest absolute Gasteiger partial charge is 0.340 e. The lowest BCUT2D eigenvalue weighted by Gasteiger charge is -2.21. The highest BCUT2D eigenvalue weighted by Gasteiger charge is 2.42. The van der Waals surface area contributed by atoms with Gasteiger partial charge in [-0.05, 0) is 6.07 Å². The molecule has 4 rings (SSSR count). The molecule has 22 heavy (non-hydrogen) atoms. The van der Waals surface area contributed by atoms with Crippen LogP contribution in [-0.4, -0.2) is 56.9 Å². The summed E-state index contributed by atoms with van der Waals surface area (Å²) in [5, 5.41) is 0. The van der Waals surface area contributed by atoms with Crippen molar-refractivity contribution < 1.29 is 4.79 Å². The molecule has 112 valence electrons. The number of fused-ring (bicyclic) bond motifs is 1. The molecule has 0 aromatic carbocycles. The molecule has 0 aliphatic carbocycles. The minimum Gasteiger partial charge on any atom is -0.340 e. The first-order valence-electron chi connectivity index (χ1n) is 7.38. The summed E-state index contributed by atoms with van der Waals surface area (Å²) >= 11 is 0. The number of rotatable bonds is 2. The first-order valence-corrected chi connectivity index (χ1v) is 7.38. The second-order valence-electron chi connectivity index (χ2n) is 5.77. The third kappa shape index (κ3) is 2.28. The molecule has 2 saturated heterocycles. The van der Waals surface area contributed by atoms with Gasteiger partial charge in [-0.1, -0.05) is 0 Å². The van der Waals surface area contributed by atoms with Crippen LogP contribution in [0.25, 0.3) is 0 Å². The summed E-state index contributed by atoms with van der Waals surface area (Å²) in [6.45, 7) is 3.34. The van der Waals surface area contributed by atoms with Crippen LogP contribution in [-0.2, 0) is 0 Å². The summed E-state index contributed by atoms with van der Waals surface area (Å²) in [6.07, 6.45) is 8.19. The molecule has 2 aliphatic heterocycles. The monoisotopic (exact) mass is 296 g/mol. The minimum atomic E-state index is -0.0231. The lowest BCUT2D eigenvalue weighted by atomic mass is 10.0. The average Bonchev–Trinajstić information content (AvgIpc) is 3.15. The highest BCUT2D eigenvalue weighted by Crippen LogP contribution is 2.33. The number of hydrogen-bond acceptors (Lipinski definition) is 6. The van der Waals surface area contributed by atoms with Crippen LogP contribution in [0.3, 0.4) is 0 Å². The zero-order valence-corrected chi connectivity index (χ0v) is 12.0. The molecule has 0 saturated carbocycles. The number of likely N-dealkylation sites (tertiary alicyclic amines) is 1. The summed E-state index contributed by atoms with van der Waals surface area (Å²) in [7, 11) is 0. The number of carbonyl (C=O) groups excluding carboxylic acids is 1. The van der Waals surface area contributed by atoms with Gasteiger partial charge < -0.3 is 9.80 Å². The van der Waals surface area contributed by atoms with Crippen LogP contribution in [0.1, 0.15) is 10.5 Å². The molecule has 0 radical (unpaired) electrons. The predicted octanol–water partition coefficient (Wildman–Crippen LogP) is 0.475. The van der Waals surface area contributed by atoms with Crippen LogP contribution in [0.5, 0.6) is 0 Å². The molecule has 7 heteroatoms. The van der Waals surface area contributed by atoms with E-state index in [1.807, 2.05) is 11.0 Å². The van der Waals surface area contributed by atoms with Gasteiger partial charge in [0, 0.05) is 62.8 Å². The fourth-order valence-corrected chi connectivity index (χ4v) is 3.35. The van der Waals surface area contributed by atoms with Crippen molar-refractivity contribution in [2.24, 2.45) is 11.8 Å². The zero-order chi connectivity index (χ0) is 14.9. The Bertz CT molecular complexity index is 650. The Kier molecular flexibility index (Phi) is 3.17. The van der Waals surface area contributed by atoms with Crippen molar-refractivity contribution in [3.63, 3.8) is 0 Å². The van der Waals surface area contributed by atoms with Crippen molar-refractivity contribution in [3.8, 4) is 0 Å². The van der Waals surface area contributed by atoms with Gasteiger partial charge in [-0.25, -0.2) is 15.0 Å². The van der Waals surface area contributed by atoms with Crippen LogP contribution < -0.4 is 4.90 Å². The maximum absolute atomic E-state index is 12.4. The zero-order valence-electron chi connectivity index (χ0n) is 12.0. The van der Waals surface area contributed by atoms with E-state index in [1.165, 1.54) is 6.20 Å². The van der Waals surface area contributed by atoms with E-state index in [2.05, 4.69) is 24.8 Å². The van der Waals surface area contributed by atoms with Crippen molar-refractivity contribution in [1.29, 1.82) is 0 Å². The van der Waals surface area contributed by atoms with Gasteiger partial charge in [0.25, 0.3) is 5.91 Å². The van der Waals surface area contributed by atoms with Crippen LogP contribution in [0.15, 0.2) is 37.1 Å². The van der Waals surface area contributed by atoms with Crippen molar-refractivity contribution in [2.75, 3.05) is 31.1 Å². The molecule has 7 nitrogen and oxygen atoms in total. The highest BCUT2D eigenvalue weighted by molar-refractivity contribution is 5.92. The molecule has 2 atom stereocenters. The van der Waals surface area contributed by atoms with E-state index < -0.39 is 0 Å². The Balaban J connectivity index is 1.43. The quantitative estimate of drug-likeness (QED) is 0.802. The number of anilines is 1. The maximum atomic E-state index is 12.4. The van der Waals surface area contributed by atoms with Crippen molar-refractivity contribution in [2.45, 2.75) is 0 Å². The second kappa shape index (κ2) is 5.32. The molecule has 0 unspecified atom stereocenters. The molecule has 2 aliphatic rings. The molecule has 0 bridgehead atoms. The van der Waals surface area contributed by atoms with E-state index in [0.717, 1.165) is 32.1 Å². The Morgan fingerprint density at radius 2 is 1.68 bits per heavy atom. The topological polar surface area (TPSA) is 75.1 Å². The molecule has 0 N–H and O–H groups in total. The number of hydrogen-bond donors (Lipinski definition) is 0. The standard InChI is InChI=1S/C15H16N6O/c22-14(13-6-16-4-5-17-13)20-7-11-9-21(10-12(11)8-20)15-18-2-1-3-19-15/h1-6,11-12H,7-10H2/t11-,12-/m1/s1. The Morgan fingerprint density at radius 3 is 2.32 bits per heavy atom. The van der Waals surface area contributed by atoms with Gasteiger partial charge in [-0.15, -0.1) is 0 Å². The van der Waals surface area contributed by atoms with Crippen LogP contribution in [0, 0.1) is 11.8 Å². The van der Waals surface area contributed by atoms with Gasteiger partial charge in [0.05, 0.1) is 6.20 Å².